The molecule has 1 aromatic heterocycles. The van der Waals surface area contributed by atoms with Crippen LogP contribution in [0, 0.1) is 0 Å². The van der Waals surface area contributed by atoms with E-state index in [0.717, 1.165) is 11.3 Å². The van der Waals surface area contributed by atoms with Gasteiger partial charge in [0.1, 0.15) is 0 Å². The number of carbonyl (C=O) groups is 2. The van der Waals surface area contributed by atoms with Gasteiger partial charge in [0.25, 0.3) is 0 Å². The quantitative estimate of drug-likeness (QED) is 0.852. The van der Waals surface area contributed by atoms with Crippen LogP contribution in [0.4, 0.5) is 0 Å². The minimum absolute atomic E-state index is 0.00446. The molecule has 0 amide bonds. The smallest absolute Gasteiger partial charge is 0.180 e. The first kappa shape index (κ1) is 11.2. The van der Waals surface area contributed by atoms with E-state index in [1.807, 2.05) is 12.1 Å². The Kier molecular flexibility index (Phi) is 2.56. The highest BCUT2D eigenvalue weighted by Crippen LogP contribution is 2.28. The Bertz CT molecular complexity index is 607. The monoisotopic (exact) mass is 259 g/mol. The molecule has 3 nitrogen and oxygen atoms in total. The summed E-state index contributed by atoms with van der Waals surface area (Å²) in [7, 11) is 0. The van der Waals surface area contributed by atoms with E-state index in [-0.39, 0.29) is 11.6 Å². The van der Waals surface area contributed by atoms with Crippen molar-refractivity contribution in [3.8, 4) is 11.3 Å². The van der Waals surface area contributed by atoms with Gasteiger partial charge in [-0.05, 0) is 23.8 Å². The molecule has 1 aliphatic rings. The number of ketones is 2. The van der Waals surface area contributed by atoms with Crippen molar-refractivity contribution >= 4 is 23.2 Å². The van der Waals surface area contributed by atoms with Crippen LogP contribution in [-0.4, -0.2) is 16.6 Å². The van der Waals surface area contributed by atoms with Crippen LogP contribution in [0.25, 0.3) is 11.3 Å². The van der Waals surface area contributed by atoms with Crippen molar-refractivity contribution in [3.63, 3.8) is 0 Å². The fourth-order valence-corrected chi connectivity index (χ4v) is 2.29. The van der Waals surface area contributed by atoms with Gasteiger partial charge in [0, 0.05) is 29.1 Å². The first-order valence-electron chi connectivity index (χ1n) is 5.70. The molecular weight excluding hydrogens is 250 g/mol. The molecule has 90 valence electrons. The number of nitrogens with one attached hydrogen (secondary N) is 1. The fourth-order valence-electron chi connectivity index (χ4n) is 2.17. The molecule has 0 aliphatic heterocycles. The first-order valence-corrected chi connectivity index (χ1v) is 6.08. The van der Waals surface area contributed by atoms with Crippen LogP contribution in [0.15, 0.2) is 30.3 Å². The van der Waals surface area contributed by atoms with E-state index in [0.29, 0.717) is 29.1 Å². The molecule has 3 rings (SSSR count). The summed E-state index contributed by atoms with van der Waals surface area (Å²) in [6, 6.07) is 9.02. The predicted molar refractivity (Wildman–Crippen MR) is 69.1 cm³/mol. The molecule has 0 fully saturated rings. The Morgan fingerprint density at radius 3 is 2.33 bits per heavy atom. The third-order valence-corrected chi connectivity index (χ3v) is 3.38. The van der Waals surface area contributed by atoms with E-state index in [9.17, 15) is 9.59 Å². The Balaban J connectivity index is 2.10. The lowest BCUT2D eigenvalue weighted by Gasteiger charge is -2.07. The molecule has 0 saturated heterocycles. The minimum Gasteiger partial charge on any atom is -0.352 e. The number of aromatic amines is 1. The van der Waals surface area contributed by atoms with E-state index in [4.69, 9.17) is 11.6 Å². The van der Waals surface area contributed by atoms with Gasteiger partial charge in [0.15, 0.2) is 11.6 Å². The number of carbonyl (C=O) groups excluding carboxylic acids is 2. The van der Waals surface area contributed by atoms with Gasteiger partial charge in [0.05, 0.1) is 5.69 Å². The third-order valence-electron chi connectivity index (χ3n) is 3.13. The lowest BCUT2D eigenvalue weighted by Crippen LogP contribution is -2.15. The van der Waals surface area contributed by atoms with Crippen molar-refractivity contribution in [3.05, 3.63) is 46.6 Å². The Labute approximate surface area is 109 Å². The number of hydrogen-bond donors (Lipinski definition) is 1. The van der Waals surface area contributed by atoms with Crippen LogP contribution in [0.5, 0.6) is 0 Å². The van der Waals surface area contributed by atoms with E-state index in [2.05, 4.69) is 4.98 Å². The van der Waals surface area contributed by atoms with Gasteiger partial charge < -0.3 is 4.98 Å². The highest BCUT2D eigenvalue weighted by Gasteiger charge is 2.26. The van der Waals surface area contributed by atoms with Crippen molar-refractivity contribution in [2.45, 2.75) is 12.8 Å². The highest BCUT2D eigenvalue weighted by molar-refractivity contribution is 6.30. The second kappa shape index (κ2) is 4.10. The van der Waals surface area contributed by atoms with Crippen LogP contribution >= 0.6 is 11.6 Å². The van der Waals surface area contributed by atoms with Gasteiger partial charge in [-0.1, -0.05) is 23.7 Å². The summed E-state index contributed by atoms with van der Waals surface area (Å²) in [4.78, 5) is 26.5. The van der Waals surface area contributed by atoms with Crippen molar-refractivity contribution in [1.82, 2.24) is 4.98 Å². The second-order valence-electron chi connectivity index (χ2n) is 4.32. The maximum absolute atomic E-state index is 11.7. The summed E-state index contributed by atoms with van der Waals surface area (Å²) in [5.74, 6) is 0.0332. The van der Waals surface area contributed by atoms with Crippen LogP contribution in [-0.2, 0) is 0 Å². The molecule has 1 N–H and O–H groups in total. The molecule has 1 heterocycles. The van der Waals surface area contributed by atoms with Crippen molar-refractivity contribution in [1.29, 1.82) is 0 Å². The summed E-state index contributed by atoms with van der Waals surface area (Å²) >= 11 is 5.83. The Morgan fingerprint density at radius 1 is 1.00 bits per heavy atom. The zero-order valence-corrected chi connectivity index (χ0v) is 10.3. The molecule has 1 aromatic carbocycles. The number of H-pyrrole nitrogens is 1. The van der Waals surface area contributed by atoms with Gasteiger partial charge in [-0.25, -0.2) is 0 Å². The fraction of sp³-hybridized carbons (Fsp3) is 0.143. The second-order valence-corrected chi connectivity index (χ2v) is 4.76. The molecule has 0 spiro atoms. The number of fused-ring (bicyclic) bond motifs is 1. The maximum atomic E-state index is 11.7. The molecule has 4 heteroatoms. The summed E-state index contributed by atoms with van der Waals surface area (Å²) in [6.45, 7) is 0. The summed E-state index contributed by atoms with van der Waals surface area (Å²) in [6.07, 6.45) is 0.607. The lowest BCUT2D eigenvalue weighted by molar-refractivity contribution is 0.0888. The maximum Gasteiger partial charge on any atom is 0.180 e. The van der Waals surface area contributed by atoms with E-state index >= 15 is 0 Å². The topological polar surface area (TPSA) is 49.9 Å². The molecule has 1 aliphatic carbocycles. The number of Topliss-reactive ketones (excluding diaryl/α,β-unsaturated/α-hetero) is 2. The molecule has 0 bridgehead atoms. The van der Waals surface area contributed by atoms with Gasteiger partial charge >= 0.3 is 0 Å². The number of hydrogen-bond acceptors (Lipinski definition) is 2. The van der Waals surface area contributed by atoms with E-state index < -0.39 is 0 Å². The first-order chi connectivity index (χ1) is 8.65. The standard InChI is InChI=1S/C14H10ClNO2/c15-9-3-1-8(2-4-9)11-7-10-12(17)5-6-13(18)14(10)16-11/h1-4,7,16H,5-6H2. The molecule has 2 aromatic rings. The average Bonchev–Trinajstić information content (AvgIpc) is 2.81. The van der Waals surface area contributed by atoms with Crippen LogP contribution < -0.4 is 0 Å². The summed E-state index contributed by atoms with van der Waals surface area (Å²) in [5, 5.41) is 0.655. The zero-order chi connectivity index (χ0) is 12.7. The van der Waals surface area contributed by atoms with Gasteiger partial charge in [-0.2, -0.15) is 0 Å². The SMILES string of the molecule is O=C1CCC(=O)c2[nH]c(-c3ccc(Cl)cc3)cc21. The minimum atomic E-state index is 0.00446. The third kappa shape index (κ3) is 1.77. The molecule has 18 heavy (non-hydrogen) atoms. The van der Waals surface area contributed by atoms with Gasteiger partial charge in [0.2, 0.25) is 0 Å². The number of aromatic nitrogens is 1. The molecule has 0 radical (unpaired) electrons. The predicted octanol–water partition coefficient (Wildman–Crippen LogP) is 3.49. The molecule has 0 saturated carbocycles. The number of benzene rings is 1. The lowest BCUT2D eigenvalue weighted by atomic mass is 9.95. The van der Waals surface area contributed by atoms with Gasteiger partial charge in [-0.15, -0.1) is 0 Å². The summed E-state index contributed by atoms with van der Waals surface area (Å²) < 4.78 is 0. The van der Waals surface area contributed by atoms with Crippen molar-refractivity contribution < 1.29 is 9.59 Å². The van der Waals surface area contributed by atoms with Crippen molar-refractivity contribution in [2.75, 3.05) is 0 Å². The number of rotatable bonds is 1. The van der Waals surface area contributed by atoms with Gasteiger partial charge in [-0.3, -0.25) is 9.59 Å². The summed E-state index contributed by atoms with van der Waals surface area (Å²) in [5.41, 5.74) is 2.64. The Morgan fingerprint density at radius 2 is 1.67 bits per heavy atom. The van der Waals surface area contributed by atoms with Crippen LogP contribution in [0.2, 0.25) is 5.02 Å². The normalized spacial score (nSPS) is 14.7. The number of halogens is 1. The van der Waals surface area contributed by atoms with E-state index in [1.165, 1.54) is 0 Å². The molecule has 0 unspecified atom stereocenters. The Hall–Kier alpha value is -1.87. The molecule has 0 atom stereocenters. The molecular formula is C14H10ClNO2. The largest absolute Gasteiger partial charge is 0.352 e. The van der Waals surface area contributed by atoms with Crippen LogP contribution in [0.3, 0.4) is 0 Å². The van der Waals surface area contributed by atoms with Crippen LogP contribution in [0.1, 0.15) is 33.7 Å². The average molecular weight is 260 g/mol. The van der Waals surface area contributed by atoms with E-state index in [1.54, 1.807) is 18.2 Å². The highest BCUT2D eigenvalue weighted by atomic mass is 35.5. The van der Waals surface area contributed by atoms with Crippen molar-refractivity contribution in [2.24, 2.45) is 0 Å². The zero-order valence-electron chi connectivity index (χ0n) is 9.50.